The maximum atomic E-state index is 13.2. The van der Waals surface area contributed by atoms with Crippen molar-refractivity contribution in [3.63, 3.8) is 0 Å². The van der Waals surface area contributed by atoms with Crippen molar-refractivity contribution in [1.82, 2.24) is 14.8 Å². The van der Waals surface area contributed by atoms with E-state index in [-0.39, 0.29) is 12.1 Å². The molecular formula is C26H29ClN4O3S. The van der Waals surface area contributed by atoms with Crippen molar-refractivity contribution in [2.75, 3.05) is 11.9 Å². The zero-order valence-corrected chi connectivity index (χ0v) is 21.8. The summed E-state index contributed by atoms with van der Waals surface area (Å²) in [5.41, 5.74) is 3.05. The molecule has 0 amide bonds. The SMILES string of the molecule is CCCOc1cccc(C2C(C(=O)OC(C)C)=C(C)Nc3nc(SCc4ccccc4Cl)nn32)c1. The number of nitrogens with one attached hydrogen (secondary N) is 1. The zero-order chi connectivity index (χ0) is 24.9. The van der Waals surface area contributed by atoms with Gasteiger partial charge in [0, 0.05) is 16.5 Å². The van der Waals surface area contributed by atoms with E-state index < -0.39 is 6.04 Å². The molecule has 0 saturated heterocycles. The van der Waals surface area contributed by atoms with Gasteiger partial charge in [-0.25, -0.2) is 9.48 Å². The second-order valence-electron chi connectivity index (χ2n) is 8.48. The van der Waals surface area contributed by atoms with Crippen LogP contribution in [0.5, 0.6) is 5.75 Å². The number of hydrogen-bond acceptors (Lipinski definition) is 7. The molecule has 1 N–H and O–H groups in total. The molecule has 2 heterocycles. The average Bonchev–Trinajstić information content (AvgIpc) is 3.23. The molecule has 4 rings (SSSR count). The van der Waals surface area contributed by atoms with Crippen LogP contribution in [0.3, 0.4) is 0 Å². The number of esters is 1. The second kappa shape index (κ2) is 11.2. The van der Waals surface area contributed by atoms with Gasteiger partial charge in [-0.1, -0.05) is 60.6 Å². The number of allylic oxidation sites excluding steroid dienone is 1. The van der Waals surface area contributed by atoms with Gasteiger partial charge in [-0.05, 0) is 56.5 Å². The van der Waals surface area contributed by atoms with E-state index >= 15 is 0 Å². The number of hydrogen-bond donors (Lipinski definition) is 1. The largest absolute Gasteiger partial charge is 0.494 e. The third-order valence-electron chi connectivity index (χ3n) is 5.36. The Morgan fingerprint density at radius 3 is 2.77 bits per heavy atom. The van der Waals surface area contributed by atoms with Gasteiger partial charge >= 0.3 is 5.97 Å². The smallest absolute Gasteiger partial charge is 0.338 e. The minimum atomic E-state index is -0.509. The van der Waals surface area contributed by atoms with Gasteiger partial charge in [-0.3, -0.25) is 0 Å². The standard InChI is InChI=1S/C26H29ClN4O3S/c1-5-13-33-20-11-8-10-18(14-20)23-22(24(32)34-16(2)3)17(4)28-25-29-26(30-31(23)25)35-15-19-9-6-7-12-21(19)27/h6-12,14,16,23H,5,13,15H2,1-4H3,(H,28,29,30). The Hall–Kier alpha value is -2.97. The fraction of sp³-hybridized carbons (Fsp3) is 0.346. The highest BCUT2D eigenvalue weighted by atomic mass is 35.5. The summed E-state index contributed by atoms with van der Waals surface area (Å²) in [5, 5.41) is 9.31. The molecule has 0 aliphatic carbocycles. The van der Waals surface area contributed by atoms with Crippen LogP contribution in [0.1, 0.15) is 51.3 Å². The molecule has 0 saturated carbocycles. The number of halogens is 1. The lowest BCUT2D eigenvalue weighted by Gasteiger charge is -2.28. The van der Waals surface area contributed by atoms with Crippen LogP contribution >= 0.6 is 23.4 Å². The first-order valence-corrected chi connectivity index (χ1v) is 13.0. The Morgan fingerprint density at radius 2 is 2.03 bits per heavy atom. The van der Waals surface area contributed by atoms with Gasteiger partial charge in [0.25, 0.3) is 0 Å². The summed E-state index contributed by atoms with van der Waals surface area (Å²) in [5.74, 6) is 1.55. The van der Waals surface area contributed by atoms with Crippen LogP contribution in [0.15, 0.2) is 65.0 Å². The van der Waals surface area contributed by atoms with Crippen molar-refractivity contribution >= 4 is 35.3 Å². The summed E-state index contributed by atoms with van der Waals surface area (Å²) in [6.07, 6.45) is 0.656. The van der Waals surface area contributed by atoms with Crippen molar-refractivity contribution in [3.8, 4) is 5.75 Å². The van der Waals surface area contributed by atoms with E-state index in [1.54, 1.807) is 4.68 Å². The van der Waals surface area contributed by atoms with Crippen molar-refractivity contribution in [1.29, 1.82) is 0 Å². The number of fused-ring (bicyclic) bond motifs is 1. The Bertz CT molecular complexity index is 1240. The zero-order valence-electron chi connectivity index (χ0n) is 20.2. The van der Waals surface area contributed by atoms with Gasteiger partial charge in [0.1, 0.15) is 11.8 Å². The van der Waals surface area contributed by atoms with E-state index in [4.69, 9.17) is 31.2 Å². The lowest BCUT2D eigenvalue weighted by molar-refractivity contribution is -0.143. The lowest BCUT2D eigenvalue weighted by atomic mass is 9.95. The molecule has 9 heteroatoms. The van der Waals surface area contributed by atoms with Gasteiger partial charge in [0.2, 0.25) is 11.1 Å². The molecule has 1 atom stereocenters. The molecule has 1 aromatic heterocycles. The van der Waals surface area contributed by atoms with Gasteiger partial charge in [-0.2, -0.15) is 4.98 Å². The number of benzene rings is 2. The van der Waals surface area contributed by atoms with Gasteiger partial charge in [0.05, 0.1) is 18.3 Å². The maximum Gasteiger partial charge on any atom is 0.338 e. The van der Waals surface area contributed by atoms with Crippen molar-refractivity contribution in [2.45, 2.75) is 57.2 Å². The molecule has 3 aromatic rings. The molecule has 35 heavy (non-hydrogen) atoms. The van der Waals surface area contributed by atoms with Crippen LogP contribution in [0.2, 0.25) is 5.02 Å². The van der Waals surface area contributed by atoms with Crippen LogP contribution in [0.25, 0.3) is 0 Å². The summed E-state index contributed by atoms with van der Waals surface area (Å²) in [6.45, 7) is 8.21. The quantitative estimate of drug-likeness (QED) is 0.268. The summed E-state index contributed by atoms with van der Waals surface area (Å²) in [7, 11) is 0. The van der Waals surface area contributed by atoms with E-state index in [2.05, 4.69) is 12.2 Å². The lowest BCUT2D eigenvalue weighted by Crippen LogP contribution is -2.30. The summed E-state index contributed by atoms with van der Waals surface area (Å²) in [4.78, 5) is 17.9. The summed E-state index contributed by atoms with van der Waals surface area (Å²) >= 11 is 7.81. The molecule has 1 aliphatic heterocycles. The van der Waals surface area contributed by atoms with Crippen LogP contribution < -0.4 is 10.1 Å². The predicted octanol–water partition coefficient (Wildman–Crippen LogP) is 6.25. The minimum Gasteiger partial charge on any atom is -0.494 e. The highest BCUT2D eigenvalue weighted by Crippen LogP contribution is 2.38. The fourth-order valence-corrected chi connectivity index (χ4v) is 4.91. The third-order valence-corrected chi connectivity index (χ3v) is 6.61. The van der Waals surface area contributed by atoms with Gasteiger partial charge < -0.3 is 14.8 Å². The van der Waals surface area contributed by atoms with Crippen LogP contribution in [-0.4, -0.2) is 33.4 Å². The Labute approximate surface area is 214 Å². The number of carbonyl (C=O) groups is 1. The molecule has 0 radical (unpaired) electrons. The Balaban J connectivity index is 1.71. The molecule has 184 valence electrons. The molecular weight excluding hydrogens is 484 g/mol. The molecule has 7 nitrogen and oxygen atoms in total. The van der Waals surface area contributed by atoms with E-state index in [1.807, 2.05) is 69.3 Å². The highest BCUT2D eigenvalue weighted by molar-refractivity contribution is 7.98. The number of ether oxygens (including phenoxy) is 2. The second-order valence-corrected chi connectivity index (χ2v) is 9.83. The van der Waals surface area contributed by atoms with Crippen molar-refractivity contribution in [3.05, 3.63) is 76.0 Å². The van der Waals surface area contributed by atoms with Crippen LogP contribution in [-0.2, 0) is 15.3 Å². The molecule has 1 aliphatic rings. The number of anilines is 1. The Kier molecular flexibility index (Phi) is 8.03. The van der Waals surface area contributed by atoms with Gasteiger partial charge in [0.15, 0.2) is 0 Å². The van der Waals surface area contributed by atoms with E-state index in [1.165, 1.54) is 11.8 Å². The van der Waals surface area contributed by atoms with Crippen molar-refractivity contribution < 1.29 is 14.3 Å². The molecule has 2 aromatic carbocycles. The van der Waals surface area contributed by atoms with Crippen LogP contribution in [0, 0.1) is 0 Å². The van der Waals surface area contributed by atoms with E-state index in [9.17, 15) is 4.79 Å². The topological polar surface area (TPSA) is 78.3 Å². The Morgan fingerprint density at radius 1 is 1.23 bits per heavy atom. The van der Waals surface area contributed by atoms with E-state index in [0.29, 0.717) is 39.8 Å². The summed E-state index contributed by atoms with van der Waals surface area (Å²) in [6, 6.07) is 15.0. The number of carbonyl (C=O) groups excluding carboxylic acids is 1. The van der Waals surface area contributed by atoms with Crippen LogP contribution in [0.4, 0.5) is 5.95 Å². The first kappa shape index (κ1) is 25.1. The molecule has 0 spiro atoms. The first-order chi connectivity index (χ1) is 16.9. The normalized spacial score (nSPS) is 15.1. The third kappa shape index (κ3) is 5.82. The van der Waals surface area contributed by atoms with Crippen molar-refractivity contribution in [2.24, 2.45) is 0 Å². The molecule has 1 unspecified atom stereocenters. The molecule has 0 fully saturated rings. The first-order valence-electron chi connectivity index (χ1n) is 11.6. The number of aromatic nitrogens is 3. The molecule has 0 bridgehead atoms. The summed E-state index contributed by atoms with van der Waals surface area (Å²) < 4.78 is 13.2. The highest BCUT2D eigenvalue weighted by Gasteiger charge is 2.35. The minimum absolute atomic E-state index is 0.249. The maximum absolute atomic E-state index is 13.2. The van der Waals surface area contributed by atoms with E-state index in [0.717, 1.165) is 23.3 Å². The number of rotatable bonds is 9. The predicted molar refractivity (Wildman–Crippen MR) is 139 cm³/mol. The fourth-order valence-electron chi connectivity index (χ4n) is 3.79. The van der Waals surface area contributed by atoms with Gasteiger partial charge in [-0.15, -0.1) is 5.10 Å². The number of nitrogens with zero attached hydrogens (tertiary/aromatic N) is 3. The average molecular weight is 513 g/mol. The monoisotopic (exact) mass is 512 g/mol. The number of thioether (sulfide) groups is 1.